The van der Waals surface area contributed by atoms with Crippen molar-refractivity contribution in [2.45, 2.75) is 84.4 Å². The van der Waals surface area contributed by atoms with Gasteiger partial charge in [0.1, 0.15) is 6.17 Å². The zero-order valence-corrected chi connectivity index (χ0v) is 13.0. The molecular weight excluding hydrogens is 239 g/mol. The van der Waals surface area contributed by atoms with Crippen LogP contribution in [0.3, 0.4) is 0 Å². The van der Waals surface area contributed by atoms with Crippen molar-refractivity contribution >= 4 is 0 Å². The molecule has 1 rings (SSSR count). The van der Waals surface area contributed by atoms with Crippen molar-refractivity contribution in [3.05, 3.63) is 18.0 Å². The second-order valence-corrected chi connectivity index (χ2v) is 5.86. The van der Waals surface area contributed by atoms with Gasteiger partial charge in [0.15, 0.2) is 0 Å². The van der Waals surface area contributed by atoms with Gasteiger partial charge in [0, 0.05) is 6.20 Å². The predicted octanol–water partition coefficient (Wildman–Crippen LogP) is 5.40. The molecule has 0 spiro atoms. The first-order valence-corrected chi connectivity index (χ1v) is 7.73. The van der Waals surface area contributed by atoms with E-state index >= 15 is 0 Å². The Morgan fingerprint density at radius 1 is 1.21 bits per heavy atom. The van der Waals surface area contributed by atoms with Crippen LogP contribution in [0.4, 0.5) is 4.39 Å². The zero-order valence-electron chi connectivity index (χ0n) is 13.0. The van der Waals surface area contributed by atoms with E-state index in [0.29, 0.717) is 5.69 Å². The van der Waals surface area contributed by atoms with E-state index in [0.717, 1.165) is 12.8 Å². The monoisotopic (exact) mass is 268 g/mol. The number of hydrogen-bond donors (Lipinski definition) is 0. The second-order valence-electron chi connectivity index (χ2n) is 5.86. The van der Waals surface area contributed by atoms with Crippen molar-refractivity contribution in [1.29, 1.82) is 0 Å². The Labute approximate surface area is 117 Å². The van der Waals surface area contributed by atoms with E-state index in [9.17, 15) is 4.39 Å². The number of unbranched alkanes of at least 4 members (excludes halogenated alkanes) is 3. The highest BCUT2D eigenvalue weighted by atomic mass is 19.1. The van der Waals surface area contributed by atoms with E-state index in [1.54, 1.807) is 6.92 Å². The van der Waals surface area contributed by atoms with Crippen LogP contribution in [0.2, 0.25) is 0 Å². The molecule has 2 unspecified atom stereocenters. The van der Waals surface area contributed by atoms with Crippen molar-refractivity contribution in [3.63, 3.8) is 0 Å². The minimum absolute atomic E-state index is 0.0400. The Balaban J connectivity index is 2.80. The summed E-state index contributed by atoms with van der Waals surface area (Å²) in [6, 6.07) is 1.81. The van der Waals surface area contributed by atoms with Crippen molar-refractivity contribution < 1.29 is 4.39 Å². The van der Waals surface area contributed by atoms with E-state index in [4.69, 9.17) is 0 Å². The highest BCUT2D eigenvalue weighted by Gasteiger charge is 2.26. The number of hydrogen-bond acceptors (Lipinski definition) is 1. The van der Waals surface area contributed by atoms with Gasteiger partial charge in [0.2, 0.25) is 0 Å². The molecule has 0 fully saturated rings. The summed E-state index contributed by atoms with van der Waals surface area (Å²) in [5.74, 6) is 0. The molecule has 0 aliphatic carbocycles. The highest BCUT2D eigenvalue weighted by molar-refractivity contribution is 5.04. The Kier molecular flexibility index (Phi) is 6.53. The normalized spacial score (nSPS) is 16.3. The van der Waals surface area contributed by atoms with Gasteiger partial charge in [-0.05, 0) is 32.8 Å². The van der Waals surface area contributed by atoms with Crippen LogP contribution in [-0.2, 0) is 5.54 Å². The molecule has 1 heterocycles. The molecule has 0 radical (unpaired) electrons. The van der Waals surface area contributed by atoms with E-state index in [-0.39, 0.29) is 5.54 Å². The maximum Gasteiger partial charge on any atom is 0.141 e. The van der Waals surface area contributed by atoms with Crippen LogP contribution >= 0.6 is 0 Å². The van der Waals surface area contributed by atoms with Crippen molar-refractivity contribution in [1.82, 2.24) is 9.78 Å². The molecule has 0 aromatic carbocycles. The number of alkyl halides is 1. The summed E-state index contributed by atoms with van der Waals surface area (Å²) in [5.41, 5.74) is 0.594. The first-order chi connectivity index (χ1) is 9.03. The Bertz CT molecular complexity index is 359. The van der Waals surface area contributed by atoms with Crippen molar-refractivity contribution in [2.24, 2.45) is 0 Å². The van der Waals surface area contributed by atoms with Crippen LogP contribution in [0.25, 0.3) is 0 Å². The third kappa shape index (κ3) is 4.63. The van der Waals surface area contributed by atoms with Gasteiger partial charge < -0.3 is 0 Å². The quantitative estimate of drug-likeness (QED) is 0.548. The fourth-order valence-electron chi connectivity index (χ4n) is 2.52. The van der Waals surface area contributed by atoms with Gasteiger partial charge in [-0.3, -0.25) is 4.68 Å². The third-order valence-electron chi connectivity index (χ3n) is 3.96. The highest BCUT2D eigenvalue weighted by Crippen LogP contribution is 2.30. The average molecular weight is 268 g/mol. The largest absolute Gasteiger partial charge is 0.267 e. The number of halogens is 1. The summed E-state index contributed by atoms with van der Waals surface area (Å²) in [6.45, 7) is 8.25. The minimum atomic E-state index is -0.979. The smallest absolute Gasteiger partial charge is 0.141 e. The molecule has 0 aliphatic rings. The fraction of sp³-hybridized carbons (Fsp3) is 0.812. The van der Waals surface area contributed by atoms with Crippen LogP contribution in [0.5, 0.6) is 0 Å². The Hall–Kier alpha value is -0.860. The van der Waals surface area contributed by atoms with Gasteiger partial charge in [-0.2, -0.15) is 5.10 Å². The van der Waals surface area contributed by atoms with E-state index < -0.39 is 6.17 Å². The summed E-state index contributed by atoms with van der Waals surface area (Å²) >= 11 is 0. The van der Waals surface area contributed by atoms with Crippen LogP contribution in [0.1, 0.15) is 84.5 Å². The molecule has 0 N–H and O–H groups in total. The van der Waals surface area contributed by atoms with E-state index in [1.807, 2.05) is 16.9 Å². The second kappa shape index (κ2) is 7.66. The maximum absolute atomic E-state index is 13.3. The Morgan fingerprint density at radius 3 is 2.37 bits per heavy atom. The van der Waals surface area contributed by atoms with E-state index in [2.05, 4.69) is 25.9 Å². The molecule has 2 nitrogen and oxygen atoms in total. The van der Waals surface area contributed by atoms with Crippen LogP contribution in [-0.4, -0.2) is 9.78 Å². The third-order valence-corrected chi connectivity index (χ3v) is 3.96. The molecule has 0 bridgehead atoms. The molecule has 0 saturated heterocycles. The predicted molar refractivity (Wildman–Crippen MR) is 79.1 cm³/mol. The topological polar surface area (TPSA) is 17.8 Å². The molecule has 0 aliphatic heterocycles. The summed E-state index contributed by atoms with van der Waals surface area (Å²) in [4.78, 5) is 0. The number of nitrogens with zero attached hydrogens (tertiary/aromatic N) is 2. The van der Waals surface area contributed by atoms with Gasteiger partial charge in [-0.1, -0.05) is 46.0 Å². The van der Waals surface area contributed by atoms with Gasteiger partial charge >= 0.3 is 0 Å². The SMILES string of the molecule is CCCCCC(C)(CCCC)n1ccc(C(C)F)n1. The molecule has 3 heteroatoms. The summed E-state index contributed by atoms with van der Waals surface area (Å²) in [6.07, 6.45) is 9.32. The first-order valence-electron chi connectivity index (χ1n) is 7.73. The fourth-order valence-corrected chi connectivity index (χ4v) is 2.52. The Morgan fingerprint density at radius 2 is 1.84 bits per heavy atom. The lowest BCUT2D eigenvalue weighted by molar-refractivity contribution is 0.225. The zero-order chi connectivity index (χ0) is 14.3. The average Bonchev–Trinajstić information content (AvgIpc) is 2.87. The number of rotatable bonds is 9. The molecule has 2 atom stereocenters. The van der Waals surface area contributed by atoms with Crippen molar-refractivity contribution in [2.75, 3.05) is 0 Å². The van der Waals surface area contributed by atoms with E-state index in [1.165, 1.54) is 32.1 Å². The number of aromatic nitrogens is 2. The molecule has 1 aromatic heterocycles. The van der Waals surface area contributed by atoms with Crippen molar-refractivity contribution in [3.8, 4) is 0 Å². The maximum atomic E-state index is 13.3. The minimum Gasteiger partial charge on any atom is -0.267 e. The summed E-state index contributed by atoms with van der Waals surface area (Å²) < 4.78 is 15.3. The molecular formula is C16H29FN2. The standard InChI is InChI=1S/C16H29FN2/c1-5-7-9-12-16(4,11-8-6-2)19-13-10-15(18-19)14(3)17/h10,13-14H,5-9,11-12H2,1-4H3. The van der Waals surface area contributed by atoms with Crippen LogP contribution < -0.4 is 0 Å². The molecule has 1 aromatic rings. The molecule has 0 amide bonds. The first kappa shape index (κ1) is 16.2. The van der Waals surface area contributed by atoms with Gasteiger partial charge in [-0.15, -0.1) is 0 Å². The summed E-state index contributed by atoms with van der Waals surface area (Å²) in [5, 5.41) is 4.46. The lowest BCUT2D eigenvalue weighted by Gasteiger charge is -2.30. The summed E-state index contributed by atoms with van der Waals surface area (Å²) in [7, 11) is 0. The van der Waals surface area contributed by atoms with Crippen LogP contribution in [0, 0.1) is 0 Å². The van der Waals surface area contributed by atoms with Gasteiger partial charge in [-0.25, -0.2) is 4.39 Å². The lowest BCUT2D eigenvalue weighted by atomic mass is 9.89. The molecule has 110 valence electrons. The molecule has 19 heavy (non-hydrogen) atoms. The lowest BCUT2D eigenvalue weighted by Crippen LogP contribution is -2.31. The van der Waals surface area contributed by atoms with Gasteiger partial charge in [0.05, 0.1) is 11.2 Å². The molecule has 0 saturated carbocycles. The van der Waals surface area contributed by atoms with Gasteiger partial charge in [0.25, 0.3) is 0 Å². The van der Waals surface area contributed by atoms with Crippen LogP contribution in [0.15, 0.2) is 12.3 Å².